The van der Waals surface area contributed by atoms with Crippen molar-refractivity contribution in [3.8, 4) is 0 Å². The summed E-state index contributed by atoms with van der Waals surface area (Å²) in [6.45, 7) is 8.28. The molecule has 1 aromatic rings. The summed E-state index contributed by atoms with van der Waals surface area (Å²) in [6, 6.07) is 0. The minimum atomic E-state index is -0.138. The highest BCUT2D eigenvalue weighted by atomic mass is 32.2. The van der Waals surface area contributed by atoms with Crippen molar-refractivity contribution >= 4 is 16.8 Å². The topological polar surface area (TPSA) is 39.4 Å². The second-order valence-corrected chi connectivity index (χ2v) is 6.12. The summed E-state index contributed by atoms with van der Waals surface area (Å²) >= 11 is 1.75. The molecule has 1 aliphatic heterocycles. The summed E-state index contributed by atoms with van der Waals surface area (Å²) < 4.78 is 1.93. The Labute approximate surface area is 106 Å². The van der Waals surface area contributed by atoms with Gasteiger partial charge in [0, 0.05) is 30.5 Å². The average Bonchev–Trinajstić information content (AvgIpc) is 2.68. The molecular weight excluding hydrogens is 234 g/mol. The molecule has 0 spiro atoms. The molecule has 1 aliphatic rings. The lowest BCUT2D eigenvalue weighted by atomic mass is 10.1. The van der Waals surface area contributed by atoms with Crippen molar-refractivity contribution in [3.05, 3.63) is 17.0 Å². The number of aromatic nitrogens is 2. The highest BCUT2D eigenvalue weighted by Crippen LogP contribution is 2.30. The van der Waals surface area contributed by atoms with E-state index >= 15 is 0 Å². The fourth-order valence-corrected chi connectivity index (χ4v) is 3.13. The molecule has 4 nitrogen and oxygen atoms in total. The fourth-order valence-electron chi connectivity index (χ4n) is 1.86. The molecule has 94 valence electrons. The second-order valence-electron chi connectivity index (χ2n) is 5.07. The normalized spacial score (nSPS) is 18.1. The lowest BCUT2D eigenvalue weighted by Crippen LogP contribution is -2.18. The smallest absolute Gasteiger partial charge is 0.138 e. The standard InChI is InChI=1S/C12H19N3OS/c1-8-10(9(2)15(5)13-8)7-17-11-6-12(3,4)16-14-11/h6-7H2,1-5H3. The number of aryl methyl sites for hydroxylation is 2. The van der Waals surface area contributed by atoms with Crippen LogP contribution in [0.15, 0.2) is 5.16 Å². The Morgan fingerprint density at radius 1 is 1.41 bits per heavy atom. The summed E-state index contributed by atoms with van der Waals surface area (Å²) in [7, 11) is 1.98. The molecule has 17 heavy (non-hydrogen) atoms. The van der Waals surface area contributed by atoms with Crippen molar-refractivity contribution in [1.82, 2.24) is 9.78 Å². The van der Waals surface area contributed by atoms with Crippen molar-refractivity contribution in [3.63, 3.8) is 0 Å². The molecule has 0 atom stereocenters. The van der Waals surface area contributed by atoms with E-state index in [1.807, 2.05) is 11.7 Å². The molecule has 1 aromatic heterocycles. The fraction of sp³-hybridized carbons (Fsp3) is 0.667. The Bertz CT molecular complexity index is 463. The van der Waals surface area contributed by atoms with E-state index in [2.05, 4.69) is 37.9 Å². The SMILES string of the molecule is Cc1nn(C)c(C)c1CSC1=NOC(C)(C)C1. The van der Waals surface area contributed by atoms with Gasteiger partial charge in [0.2, 0.25) is 0 Å². The van der Waals surface area contributed by atoms with Gasteiger partial charge in [-0.2, -0.15) is 5.10 Å². The van der Waals surface area contributed by atoms with Gasteiger partial charge >= 0.3 is 0 Å². The highest BCUT2D eigenvalue weighted by Gasteiger charge is 2.29. The minimum Gasteiger partial charge on any atom is -0.389 e. The molecule has 0 fully saturated rings. The monoisotopic (exact) mass is 253 g/mol. The van der Waals surface area contributed by atoms with E-state index in [9.17, 15) is 0 Å². The van der Waals surface area contributed by atoms with E-state index < -0.39 is 0 Å². The first-order valence-corrected chi connectivity index (χ1v) is 6.74. The molecule has 0 aliphatic carbocycles. The van der Waals surface area contributed by atoms with E-state index in [0.29, 0.717) is 0 Å². The van der Waals surface area contributed by atoms with Crippen molar-refractivity contribution in [2.24, 2.45) is 12.2 Å². The van der Waals surface area contributed by atoms with Crippen molar-refractivity contribution in [2.45, 2.75) is 45.5 Å². The third kappa shape index (κ3) is 2.65. The van der Waals surface area contributed by atoms with Crippen molar-refractivity contribution in [1.29, 1.82) is 0 Å². The Kier molecular flexibility index (Phi) is 3.21. The van der Waals surface area contributed by atoms with Gasteiger partial charge < -0.3 is 4.84 Å². The van der Waals surface area contributed by atoms with Crippen LogP contribution in [0.25, 0.3) is 0 Å². The molecule has 0 bridgehead atoms. The maximum absolute atomic E-state index is 5.35. The first kappa shape index (κ1) is 12.5. The van der Waals surface area contributed by atoms with Gasteiger partial charge in [-0.25, -0.2) is 0 Å². The first-order chi connectivity index (χ1) is 7.89. The van der Waals surface area contributed by atoms with Crippen LogP contribution in [0.4, 0.5) is 0 Å². The molecule has 0 N–H and O–H groups in total. The first-order valence-electron chi connectivity index (χ1n) is 5.76. The van der Waals surface area contributed by atoms with Crippen LogP contribution in [-0.4, -0.2) is 20.4 Å². The maximum atomic E-state index is 5.35. The molecule has 2 heterocycles. The van der Waals surface area contributed by atoms with Crippen LogP contribution in [0.5, 0.6) is 0 Å². The number of nitrogens with zero attached hydrogens (tertiary/aromatic N) is 3. The van der Waals surface area contributed by atoms with Gasteiger partial charge in [0.05, 0.1) is 5.69 Å². The molecular formula is C12H19N3OS. The molecule has 0 radical (unpaired) electrons. The Morgan fingerprint density at radius 2 is 2.12 bits per heavy atom. The zero-order chi connectivity index (χ0) is 12.6. The summed E-state index contributed by atoms with van der Waals surface area (Å²) in [4.78, 5) is 5.35. The lowest BCUT2D eigenvalue weighted by Gasteiger charge is -2.13. The van der Waals surface area contributed by atoms with E-state index in [4.69, 9.17) is 4.84 Å². The van der Waals surface area contributed by atoms with Crippen LogP contribution in [-0.2, 0) is 17.6 Å². The van der Waals surface area contributed by atoms with Crippen LogP contribution in [0.3, 0.4) is 0 Å². The van der Waals surface area contributed by atoms with E-state index in [0.717, 1.165) is 22.9 Å². The second kappa shape index (κ2) is 4.37. The molecule has 2 rings (SSSR count). The van der Waals surface area contributed by atoms with Crippen LogP contribution >= 0.6 is 11.8 Å². The molecule has 0 saturated heterocycles. The zero-order valence-corrected chi connectivity index (χ0v) is 11.9. The van der Waals surface area contributed by atoms with Gasteiger partial charge in [0.1, 0.15) is 10.6 Å². The minimum absolute atomic E-state index is 0.138. The van der Waals surface area contributed by atoms with Crippen molar-refractivity contribution < 1.29 is 4.84 Å². The van der Waals surface area contributed by atoms with Crippen LogP contribution < -0.4 is 0 Å². The summed E-state index contributed by atoms with van der Waals surface area (Å²) in [5.41, 5.74) is 3.51. The van der Waals surface area contributed by atoms with Crippen LogP contribution in [0, 0.1) is 13.8 Å². The van der Waals surface area contributed by atoms with Gasteiger partial charge in [-0.05, 0) is 27.7 Å². The number of hydrogen-bond donors (Lipinski definition) is 0. The van der Waals surface area contributed by atoms with Gasteiger partial charge in [-0.1, -0.05) is 5.16 Å². The summed E-state index contributed by atoms with van der Waals surface area (Å²) in [6.07, 6.45) is 0.899. The van der Waals surface area contributed by atoms with Gasteiger partial charge in [-0.15, -0.1) is 11.8 Å². The van der Waals surface area contributed by atoms with Crippen molar-refractivity contribution in [2.75, 3.05) is 0 Å². The third-order valence-corrected chi connectivity index (χ3v) is 4.00. The summed E-state index contributed by atoms with van der Waals surface area (Å²) in [5, 5.41) is 9.62. The molecule has 0 saturated carbocycles. The number of hydrogen-bond acceptors (Lipinski definition) is 4. The quantitative estimate of drug-likeness (QED) is 0.813. The third-order valence-electron chi connectivity index (χ3n) is 3.01. The van der Waals surface area contributed by atoms with Gasteiger partial charge in [-0.3, -0.25) is 4.68 Å². The summed E-state index contributed by atoms with van der Waals surface area (Å²) in [5.74, 6) is 0.920. The molecule has 5 heteroatoms. The highest BCUT2D eigenvalue weighted by molar-refractivity contribution is 8.13. The van der Waals surface area contributed by atoms with Gasteiger partial charge in [0.15, 0.2) is 0 Å². The van der Waals surface area contributed by atoms with Crippen LogP contribution in [0.1, 0.15) is 37.2 Å². The average molecular weight is 253 g/mol. The molecule has 0 aromatic carbocycles. The largest absolute Gasteiger partial charge is 0.389 e. The Balaban J connectivity index is 1.99. The number of rotatable bonds is 2. The number of oxime groups is 1. The van der Waals surface area contributed by atoms with E-state index in [1.165, 1.54) is 11.3 Å². The van der Waals surface area contributed by atoms with Gasteiger partial charge in [0.25, 0.3) is 0 Å². The Morgan fingerprint density at radius 3 is 2.59 bits per heavy atom. The van der Waals surface area contributed by atoms with Crippen LogP contribution in [0.2, 0.25) is 0 Å². The maximum Gasteiger partial charge on any atom is 0.138 e. The van der Waals surface area contributed by atoms with E-state index in [1.54, 1.807) is 11.8 Å². The zero-order valence-electron chi connectivity index (χ0n) is 11.1. The lowest BCUT2D eigenvalue weighted by molar-refractivity contribution is 0.0123. The molecule has 0 amide bonds. The number of thioether (sulfide) groups is 1. The molecule has 0 unspecified atom stereocenters. The Hall–Kier alpha value is -0.970. The predicted molar refractivity (Wildman–Crippen MR) is 71.2 cm³/mol. The van der Waals surface area contributed by atoms with E-state index in [-0.39, 0.29) is 5.60 Å². The predicted octanol–water partition coefficient (Wildman–Crippen LogP) is 2.78.